The van der Waals surface area contributed by atoms with E-state index in [4.69, 9.17) is 31.1 Å². The fourth-order valence-electron chi connectivity index (χ4n) is 0.939. The maximum absolute atomic E-state index is 9.51. The average molecular weight is 420 g/mol. The SMILES string of the molecule is CN(C)CC(N)C#N.CN(C)CC(N)C#N.O=S(=O)(O)OOS(=O)(=O)O. The topological polar surface area (TPSA) is 233 Å². The number of hydrogen-bond donors (Lipinski definition) is 4. The lowest BCUT2D eigenvalue weighted by molar-refractivity contribution is -0.105. The van der Waals surface area contributed by atoms with Crippen molar-refractivity contribution in [3.63, 3.8) is 0 Å². The molecular formula is C10H24N6O8S2. The van der Waals surface area contributed by atoms with Crippen LogP contribution in [0.2, 0.25) is 0 Å². The van der Waals surface area contributed by atoms with Crippen LogP contribution in [0.25, 0.3) is 0 Å². The Hall–Kier alpha value is -1.44. The molecule has 2 atom stereocenters. The van der Waals surface area contributed by atoms with Crippen molar-refractivity contribution in [3.05, 3.63) is 0 Å². The summed E-state index contributed by atoms with van der Waals surface area (Å²) in [6.07, 6.45) is 0. The zero-order valence-corrected chi connectivity index (χ0v) is 16.3. The van der Waals surface area contributed by atoms with E-state index < -0.39 is 20.8 Å². The highest BCUT2D eigenvalue weighted by molar-refractivity contribution is 7.83. The van der Waals surface area contributed by atoms with Crippen molar-refractivity contribution >= 4 is 20.8 Å². The molecule has 6 N–H and O–H groups in total. The van der Waals surface area contributed by atoms with E-state index in [1.807, 2.05) is 50.1 Å². The van der Waals surface area contributed by atoms with Crippen molar-refractivity contribution < 1.29 is 34.6 Å². The second-order valence-electron chi connectivity index (χ2n) is 4.99. The molecular weight excluding hydrogens is 396 g/mol. The molecule has 154 valence electrons. The highest BCUT2D eigenvalue weighted by Gasteiger charge is 2.13. The van der Waals surface area contributed by atoms with Crippen LogP contribution in [0.3, 0.4) is 0 Å². The van der Waals surface area contributed by atoms with E-state index in [0.29, 0.717) is 13.1 Å². The maximum atomic E-state index is 9.51. The summed E-state index contributed by atoms with van der Waals surface area (Å²) in [6, 6.07) is 3.18. The number of rotatable bonds is 7. The molecule has 0 aromatic heterocycles. The van der Waals surface area contributed by atoms with E-state index >= 15 is 0 Å². The Morgan fingerprint density at radius 2 is 1.08 bits per heavy atom. The summed E-state index contributed by atoms with van der Waals surface area (Å²) in [5, 5.41) is 16.4. The van der Waals surface area contributed by atoms with Gasteiger partial charge in [-0.25, -0.2) is 0 Å². The smallest absolute Gasteiger partial charge is 0.315 e. The lowest BCUT2D eigenvalue weighted by Crippen LogP contribution is -2.31. The van der Waals surface area contributed by atoms with Crippen LogP contribution in [-0.4, -0.2) is 89.1 Å². The predicted octanol–water partition coefficient (Wildman–Crippen LogP) is -2.66. The van der Waals surface area contributed by atoms with Crippen molar-refractivity contribution in [2.45, 2.75) is 12.1 Å². The van der Waals surface area contributed by atoms with E-state index in [1.165, 1.54) is 0 Å². The first kappa shape index (κ1) is 29.3. The van der Waals surface area contributed by atoms with Gasteiger partial charge in [0.15, 0.2) is 0 Å². The van der Waals surface area contributed by atoms with Gasteiger partial charge in [0.25, 0.3) is 0 Å². The van der Waals surface area contributed by atoms with E-state index in [0.717, 1.165) is 0 Å². The van der Waals surface area contributed by atoms with Gasteiger partial charge in [0, 0.05) is 13.1 Å². The second-order valence-corrected chi connectivity index (χ2v) is 6.97. The van der Waals surface area contributed by atoms with E-state index in [9.17, 15) is 16.8 Å². The summed E-state index contributed by atoms with van der Waals surface area (Å²) < 4.78 is 58.9. The average Bonchev–Trinajstić information content (AvgIpc) is 2.43. The number of hydrogen-bond acceptors (Lipinski definition) is 12. The Bertz CT molecular complexity index is 594. The van der Waals surface area contributed by atoms with Crippen LogP contribution in [0.15, 0.2) is 0 Å². The summed E-state index contributed by atoms with van der Waals surface area (Å²) in [5.41, 5.74) is 10.5. The zero-order valence-electron chi connectivity index (χ0n) is 14.7. The molecule has 2 unspecified atom stereocenters. The highest BCUT2D eigenvalue weighted by Crippen LogP contribution is 1.92. The van der Waals surface area contributed by atoms with Crippen LogP contribution in [-0.2, 0) is 29.5 Å². The first-order valence-electron chi connectivity index (χ1n) is 6.46. The van der Waals surface area contributed by atoms with E-state index in [2.05, 4.69) is 8.67 Å². The first-order chi connectivity index (χ1) is 11.5. The monoisotopic (exact) mass is 420 g/mol. The minimum Gasteiger partial charge on any atom is -0.315 e. The third-order valence-corrected chi connectivity index (χ3v) is 2.22. The first-order valence-corrected chi connectivity index (χ1v) is 9.19. The summed E-state index contributed by atoms with van der Waals surface area (Å²) in [5.74, 6) is 0. The van der Waals surface area contributed by atoms with Crippen molar-refractivity contribution in [1.29, 1.82) is 10.5 Å². The zero-order chi connectivity index (χ0) is 21.6. The van der Waals surface area contributed by atoms with Gasteiger partial charge in [0.05, 0.1) is 12.1 Å². The maximum Gasteiger partial charge on any atom is 0.425 e. The molecule has 0 rings (SSSR count). The van der Waals surface area contributed by atoms with Gasteiger partial charge >= 0.3 is 20.8 Å². The molecule has 26 heavy (non-hydrogen) atoms. The van der Waals surface area contributed by atoms with Gasteiger partial charge in [-0.3, -0.25) is 9.11 Å². The Morgan fingerprint density at radius 1 is 0.846 bits per heavy atom. The number of likely N-dealkylation sites (N-methyl/N-ethyl adjacent to an activating group) is 2. The van der Waals surface area contributed by atoms with Crippen LogP contribution >= 0.6 is 0 Å². The molecule has 0 fully saturated rings. The van der Waals surface area contributed by atoms with Gasteiger partial charge in [-0.15, -0.1) is 0 Å². The van der Waals surface area contributed by atoms with Gasteiger partial charge < -0.3 is 21.3 Å². The minimum atomic E-state index is -5.02. The van der Waals surface area contributed by atoms with Crippen molar-refractivity contribution in [2.24, 2.45) is 11.5 Å². The largest absolute Gasteiger partial charge is 0.425 e. The lowest BCUT2D eigenvalue weighted by Gasteiger charge is -2.09. The molecule has 0 radical (unpaired) electrons. The highest BCUT2D eigenvalue weighted by atomic mass is 32.3. The summed E-state index contributed by atoms with van der Waals surface area (Å²) >= 11 is 0. The molecule has 0 spiro atoms. The van der Waals surface area contributed by atoms with Gasteiger partial charge in [-0.05, 0) is 28.2 Å². The molecule has 0 heterocycles. The van der Waals surface area contributed by atoms with Gasteiger partial charge in [-0.2, -0.15) is 27.4 Å². The fraction of sp³-hybridized carbons (Fsp3) is 0.800. The third kappa shape index (κ3) is 34.0. The van der Waals surface area contributed by atoms with Crippen LogP contribution in [0, 0.1) is 22.7 Å². The van der Waals surface area contributed by atoms with Gasteiger partial charge in [-0.1, -0.05) is 8.67 Å². The van der Waals surface area contributed by atoms with Crippen LogP contribution in [0.1, 0.15) is 0 Å². The number of nitrogens with zero attached hydrogens (tertiary/aromatic N) is 4. The molecule has 0 saturated heterocycles. The van der Waals surface area contributed by atoms with Crippen molar-refractivity contribution in [2.75, 3.05) is 41.3 Å². The number of nitriles is 2. The Morgan fingerprint density at radius 3 is 1.15 bits per heavy atom. The molecule has 16 heteroatoms. The normalized spacial score (nSPS) is 13.4. The number of nitrogens with two attached hydrogens (primary N) is 2. The van der Waals surface area contributed by atoms with Crippen LogP contribution < -0.4 is 11.5 Å². The van der Waals surface area contributed by atoms with Crippen molar-refractivity contribution in [3.8, 4) is 12.1 Å². The molecule has 14 nitrogen and oxygen atoms in total. The van der Waals surface area contributed by atoms with Gasteiger partial charge in [0.2, 0.25) is 0 Å². The van der Waals surface area contributed by atoms with E-state index in [1.54, 1.807) is 0 Å². The predicted molar refractivity (Wildman–Crippen MR) is 89.6 cm³/mol. The molecule has 0 saturated carbocycles. The standard InChI is InChI=1S/2C5H11N3.H2O8S2/c2*1-8(2)4-5(7)3-6;1-9(2,3)7-8-10(4,5)6/h2*5H,4,7H2,1-2H3;(H,1,2,3)(H,4,5,6). The Labute approximate surface area is 153 Å². The molecule has 0 aromatic rings. The minimum absolute atomic E-state index is 0.343. The second kappa shape index (κ2) is 14.7. The Kier molecular flexibility index (Phi) is 16.6. The lowest BCUT2D eigenvalue weighted by atomic mass is 10.3. The summed E-state index contributed by atoms with van der Waals surface area (Å²) in [6.45, 7) is 1.27. The molecule has 0 bridgehead atoms. The molecule has 0 aliphatic rings. The third-order valence-electron chi connectivity index (χ3n) is 1.66. The van der Waals surface area contributed by atoms with Crippen molar-refractivity contribution in [1.82, 2.24) is 9.80 Å². The van der Waals surface area contributed by atoms with Crippen LogP contribution in [0.5, 0.6) is 0 Å². The van der Waals surface area contributed by atoms with E-state index in [-0.39, 0.29) is 12.1 Å². The molecule has 0 aromatic carbocycles. The quantitative estimate of drug-likeness (QED) is 0.187. The fourth-order valence-corrected chi connectivity index (χ4v) is 1.50. The summed E-state index contributed by atoms with van der Waals surface area (Å²) in [4.78, 5) is 3.77. The molecule has 0 aliphatic heterocycles. The molecule has 0 amide bonds. The Balaban J connectivity index is -0.000000308. The van der Waals surface area contributed by atoms with Gasteiger partial charge in [0.1, 0.15) is 12.1 Å². The molecule has 0 aliphatic carbocycles. The van der Waals surface area contributed by atoms with Crippen LogP contribution in [0.4, 0.5) is 0 Å². The summed E-state index contributed by atoms with van der Waals surface area (Å²) in [7, 11) is -2.49.